The van der Waals surface area contributed by atoms with E-state index in [-0.39, 0.29) is 0 Å². The molecule has 0 saturated heterocycles. The average Bonchev–Trinajstić information content (AvgIpc) is 2.17. The fourth-order valence-corrected chi connectivity index (χ4v) is 2.72. The Hall–Kier alpha value is -0.933. The summed E-state index contributed by atoms with van der Waals surface area (Å²) >= 11 is 0. The van der Waals surface area contributed by atoms with E-state index in [9.17, 15) is 13.2 Å². The van der Waals surface area contributed by atoms with E-state index in [2.05, 4.69) is 55.8 Å². The summed E-state index contributed by atoms with van der Waals surface area (Å²) in [6.07, 6.45) is 4.24. The summed E-state index contributed by atoms with van der Waals surface area (Å²) in [6, 6.07) is 5.73. The van der Waals surface area contributed by atoms with Crippen molar-refractivity contribution in [2.24, 2.45) is 7.05 Å². The largest absolute Gasteiger partial charge is 0.741 e. The summed E-state index contributed by atoms with van der Waals surface area (Å²) in [6.45, 7) is 7.21. The molecule has 0 aliphatic heterocycles. The molecule has 0 aliphatic rings. The quantitative estimate of drug-likeness (QED) is 0.361. The third-order valence-electron chi connectivity index (χ3n) is 2.07. The molecule has 1 heterocycles. The minimum atomic E-state index is -6.09. The molecule has 4 nitrogen and oxygen atoms in total. The lowest BCUT2D eigenvalue weighted by molar-refractivity contribution is -0.671. The summed E-state index contributed by atoms with van der Waals surface area (Å²) in [7, 11) is -4.96. The van der Waals surface area contributed by atoms with E-state index in [0.717, 1.165) is 0 Å². The van der Waals surface area contributed by atoms with Crippen molar-refractivity contribution in [1.82, 2.24) is 0 Å². The summed E-state index contributed by atoms with van der Waals surface area (Å²) in [5.74, 6) is 0. The first kappa shape index (κ1) is 19.1. The van der Waals surface area contributed by atoms with Gasteiger partial charge in [-0.05, 0) is 11.6 Å². The van der Waals surface area contributed by atoms with E-state index in [1.807, 2.05) is 0 Å². The molecule has 0 amide bonds. The maximum Gasteiger partial charge on any atom is 0.485 e. The van der Waals surface area contributed by atoms with Crippen LogP contribution in [0.5, 0.6) is 0 Å². The van der Waals surface area contributed by atoms with Crippen LogP contribution in [0.4, 0.5) is 13.2 Å². The van der Waals surface area contributed by atoms with E-state index in [1.165, 1.54) is 11.6 Å². The van der Waals surface area contributed by atoms with Gasteiger partial charge >= 0.3 is 5.51 Å². The van der Waals surface area contributed by atoms with Gasteiger partial charge in [0.1, 0.15) is 7.05 Å². The van der Waals surface area contributed by atoms with Gasteiger partial charge in [-0.15, -0.1) is 0 Å². The number of halogens is 3. The fraction of sp³-hybridized carbons (Fsp3) is 0.545. The van der Waals surface area contributed by atoms with E-state index >= 15 is 0 Å². The Balaban J connectivity index is 0.000000396. The molecule has 1 aromatic rings. The number of aromatic nitrogens is 1. The van der Waals surface area contributed by atoms with Crippen LogP contribution in [0.2, 0.25) is 19.6 Å². The van der Waals surface area contributed by atoms with Gasteiger partial charge in [-0.1, -0.05) is 19.6 Å². The molecule has 0 saturated carbocycles. The van der Waals surface area contributed by atoms with E-state index in [0.29, 0.717) is 0 Å². The zero-order valence-corrected chi connectivity index (χ0v) is 13.5. The molecule has 116 valence electrons. The molecule has 0 radical (unpaired) electrons. The highest BCUT2D eigenvalue weighted by atomic mass is 32.2. The minimum absolute atomic E-state index is 0.925. The van der Waals surface area contributed by atoms with Crippen molar-refractivity contribution < 1.29 is 30.7 Å². The lowest BCUT2D eigenvalue weighted by Gasteiger charge is -2.14. The van der Waals surface area contributed by atoms with E-state index in [1.54, 1.807) is 0 Å². The van der Waals surface area contributed by atoms with Crippen LogP contribution in [-0.2, 0) is 23.2 Å². The number of nitrogens with zero attached hydrogens (tertiary/aromatic N) is 1. The van der Waals surface area contributed by atoms with Crippen LogP contribution in [0.25, 0.3) is 0 Å². The SMILES string of the molecule is C[n+]1ccc(C[Si](C)(C)C)cc1.O=S(=O)([O-])C(F)(F)F. The molecule has 0 N–H and O–H groups in total. The van der Waals surface area contributed by atoms with Crippen LogP contribution in [-0.4, -0.2) is 26.6 Å². The lowest BCUT2D eigenvalue weighted by atomic mass is 10.3. The van der Waals surface area contributed by atoms with Crippen molar-refractivity contribution in [1.29, 1.82) is 0 Å². The summed E-state index contributed by atoms with van der Waals surface area (Å²) in [5.41, 5.74) is -4.17. The topological polar surface area (TPSA) is 61.1 Å². The Kier molecular flexibility index (Phi) is 6.37. The average molecular weight is 329 g/mol. The Morgan fingerprint density at radius 2 is 1.55 bits per heavy atom. The van der Waals surface area contributed by atoms with Crippen LogP contribution >= 0.6 is 0 Å². The Morgan fingerprint density at radius 1 is 1.20 bits per heavy atom. The number of aryl methyl sites for hydroxylation is 1. The van der Waals surface area contributed by atoms with Crippen LogP contribution in [0, 0.1) is 0 Å². The Morgan fingerprint density at radius 3 is 1.80 bits per heavy atom. The number of hydrogen-bond acceptors (Lipinski definition) is 3. The van der Waals surface area contributed by atoms with Crippen molar-refractivity contribution >= 4 is 18.2 Å². The van der Waals surface area contributed by atoms with Gasteiger partial charge in [0.05, 0.1) is 0 Å². The summed E-state index contributed by atoms with van der Waals surface area (Å²) in [5, 5.41) is 0. The van der Waals surface area contributed by atoms with Gasteiger partial charge in [0, 0.05) is 20.2 Å². The second-order valence-corrected chi connectivity index (χ2v) is 12.4. The van der Waals surface area contributed by atoms with Gasteiger partial charge in [0.2, 0.25) is 0 Å². The molecule has 1 rings (SSSR count). The predicted molar refractivity (Wildman–Crippen MR) is 70.4 cm³/mol. The van der Waals surface area contributed by atoms with Crippen molar-refractivity contribution in [3.05, 3.63) is 30.1 Å². The number of hydrogen-bond donors (Lipinski definition) is 0. The molecule has 1 aromatic heterocycles. The van der Waals surface area contributed by atoms with Gasteiger partial charge in [-0.2, -0.15) is 13.2 Å². The van der Waals surface area contributed by atoms with Gasteiger partial charge in [-0.25, -0.2) is 13.0 Å². The van der Waals surface area contributed by atoms with E-state index in [4.69, 9.17) is 13.0 Å². The minimum Gasteiger partial charge on any atom is -0.741 e. The van der Waals surface area contributed by atoms with Gasteiger partial charge in [0.15, 0.2) is 22.5 Å². The maximum absolute atomic E-state index is 10.7. The highest BCUT2D eigenvalue weighted by Crippen LogP contribution is 2.20. The van der Waals surface area contributed by atoms with E-state index < -0.39 is 23.7 Å². The van der Waals surface area contributed by atoms with Gasteiger partial charge in [-0.3, -0.25) is 0 Å². The Bertz CT molecular complexity index is 521. The first-order chi connectivity index (χ1) is 8.72. The standard InChI is InChI=1S/C10H18NSi.CHF3O3S/c1-11-7-5-10(6-8-11)9-12(2,3)4;2-1(3,4)8(5,6)7/h5-8H,9H2,1-4H3;(H,5,6,7)/q+1;/p-1. The highest BCUT2D eigenvalue weighted by Gasteiger charge is 2.36. The molecule has 9 heteroatoms. The normalized spacial score (nSPS) is 12.6. The molecule has 0 atom stereocenters. The molecule has 0 spiro atoms. The third kappa shape index (κ3) is 8.28. The lowest BCUT2D eigenvalue weighted by Crippen LogP contribution is -2.28. The van der Waals surface area contributed by atoms with Crippen LogP contribution < -0.4 is 4.57 Å². The molecular formula is C11H18F3NO3SSi. The van der Waals surface area contributed by atoms with Crippen LogP contribution in [0.3, 0.4) is 0 Å². The van der Waals surface area contributed by atoms with Crippen molar-refractivity contribution in [2.75, 3.05) is 0 Å². The van der Waals surface area contributed by atoms with Crippen LogP contribution in [0.1, 0.15) is 5.56 Å². The van der Waals surface area contributed by atoms with Crippen molar-refractivity contribution in [3.63, 3.8) is 0 Å². The molecule has 0 aliphatic carbocycles. The third-order valence-corrected chi connectivity index (χ3v) is 4.10. The predicted octanol–water partition coefficient (Wildman–Crippen LogP) is 1.98. The smallest absolute Gasteiger partial charge is 0.485 e. The number of alkyl halides is 3. The fourth-order valence-electron chi connectivity index (χ4n) is 1.26. The number of rotatable bonds is 2. The van der Waals surface area contributed by atoms with Crippen molar-refractivity contribution in [3.8, 4) is 0 Å². The second-order valence-electron chi connectivity index (χ2n) is 5.51. The van der Waals surface area contributed by atoms with Crippen LogP contribution in [0.15, 0.2) is 24.5 Å². The Labute approximate surface area is 118 Å². The van der Waals surface area contributed by atoms with Crippen molar-refractivity contribution in [2.45, 2.75) is 31.2 Å². The molecule has 0 fully saturated rings. The highest BCUT2D eigenvalue weighted by molar-refractivity contribution is 7.86. The first-order valence-electron chi connectivity index (χ1n) is 5.69. The monoisotopic (exact) mass is 329 g/mol. The zero-order valence-electron chi connectivity index (χ0n) is 11.7. The summed E-state index contributed by atoms with van der Waals surface area (Å²) in [4.78, 5) is 0. The molecule has 0 aromatic carbocycles. The molecule has 0 unspecified atom stereocenters. The molecule has 20 heavy (non-hydrogen) atoms. The maximum atomic E-state index is 10.7. The molecule has 0 bridgehead atoms. The zero-order chi connectivity index (χ0) is 16.2. The van der Waals surface area contributed by atoms with Gasteiger partial charge in [0.25, 0.3) is 0 Å². The second kappa shape index (κ2) is 6.68. The van der Waals surface area contributed by atoms with Gasteiger partial charge < -0.3 is 4.55 Å². The molecular weight excluding hydrogens is 311 g/mol. The summed E-state index contributed by atoms with van der Waals surface area (Å²) < 4.78 is 61.0. The first-order valence-corrected chi connectivity index (χ1v) is 10.8. The number of pyridine rings is 1.